The van der Waals surface area contributed by atoms with Gasteiger partial charge in [0.2, 0.25) is 20.0 Å². The topological polar surface area (TPSA) is 113 Å². The van der Waals surface area contributed by atoms with E-state index in [4.69, 9.17) is 0 Å². The third-order valence-electron chi connectivity index (χ3n) is 5.33. The third-order valence-corrected chi connectivity index (χ3v) is 8.21. The van der Waals surface area contributed by atoms with Gasteiger partial charge in [0.25, 0.3) is 5.91 Å². The number of amides is 1. The first-order chi connectivity index (χ1) is 15.9. The molecule has 1 atom stereocenters. The van der Waals surface area contributed by atoms with Gasteiger partial charge >= 0.3 is 0 Å². The molecule has 2 N–H and O–H groups in total. The van der Waals surface area contributed by atoms with Crippen molar-refractivity contribution >= 4 is 26.0 Å². The number of hydrogen-bond acceptors (Lipinski definition) is 5. The standard InChI is InChI=1S/C21H22F3N3O5S2/c1-2-33(29,30)26-11-14-7-8-27(13-14)34(31,32)17-5-3-15(4-6-17)21(28)25-12-18-19(23)9-16(22)10-20(18)24/h2-6,9-10,14,26H,1,7-8,11-13H2,(H,25,28). The molecule has 0 aromatic heterocycles. The van der Waals surface area contributed by atoms with Gasteiger partial charge in [-0.25, -0.2) is 34.7 Å². The summed E-state index contributed by atoms with van der Waals surface area (Å²) < 4.78 is 92.7. The van der Waals surface area contributed by atoms with Gasteiger partial charge < -0.3 is 5.32 Å². The number of benzene rings is 2. The maximum Gasteiger partial charge on any atom is 0.251 e. The van der Waals surface area contributed by atoms with Crippen LogP contribution in [0.1, 0.15) is 22.3 Å². The van der Waals surface area contributed by atoms with Gasteiger partial charge in [0, 0.05) is 54.8 Å². The predicted molar refractivity (Wildman–Crippen MR) is 118 cm³/mol. The van der Waals surface area contributed by atoms with E-state index in [1.54, 1.807) is 0 Å². The minimum absolute atomic E-state index is 0.0556. The number of sulfonamides is 2. The van der Waals surface area contributed by atoms with Crippen molar-refractivity contribution in [3.63, 3.8) is 0 Å². The molecule has 184 valence electrons. The second-order valence-corrected chi connectivity index (χ2v) is 11.3. The van der Waals surface area contributed by atoms with Crippen molar-refractivity contribution < 1.29 is 34.8 Å². The normalized spacial score (nSPS) is 17.0. The third kappa shape index (κ3) is 6.03. The Morgan fingerprint density at radius 1 is 1.09 bits per heavy atom. The molecule has 0 radical (unpaired) electrons. The van der Waals surface area contributed by atoms with Crippen LogP contribution in [-0.2, 0) is 26.6 Å². The van der Waals surface area contributed by atoms with Crippen molar-refractivity contribution in [2.75, 3.05) is 19.6 Å². The molecule has 1 heterocycles. The van der Waals surface area contributed by atoms with Crippen LogP contribution in [0.25, 0.3) is 0 Å². The Morgan fingerprint density at radius 3 is 2.29 bits per heavy atom. The van der Waals surface area contributed by atoms with Gasteiger partial charge in [0.05, 0.1) is 4.90 Å². The van der Waals surface area contributed by atoms with Crippen molar-refractivity contribution in [1.29, 1.82) is 0 Å². The van der Waals surface area contributed by atoms with Crippen molar-refractivity contribution in [2.45, 2.75) is 17.9 Å². The van der Waals surface area contributed by atoms with Crippen LogP contribution < -0.4 is 10.0 Å². The smallest absolute Gasteiger partial charge is 0.251 e. The lowest BCUT2D eigenvalue weighted by Crippen LogP contribution is -2.32. The molecule has 0 spiro atoms. The maximum absolute atomic E-state index is 13.7. The lowest BCUT2D eigenvalue weighted by atomic mass is 10.1. The van der Waals surface area contributed by atoms with E-state index in [0.717, 1.165) is 5.41 Å². The highest BCUT2D eigenvalue weighted by atomic mass is 32.2. The van der Waals surface area contributed by atoms with Gasteiger partial charge in [0.15, 0.2) is 0 Å². The summed E-state index contributed by atoms with van der Waals surface area (Å²) in [5.41, 5.74) is -0.451. The van der Waals surface area contributed by atoms with Crippen LogP contribution in [0.2, 0.25) is 0 Å². The molecule has 1 aliphatic rings. The lowest BCUT2D eigenvalue weighted by Gasteiger charge is -2.17. The van der Waals surface area contributed by atoms with Crippen LogP contribution in [0.4, 0.5) is 13.2 Å². The predicted octanol–water partition coefficient (Wildman–Crippen LogP) is 2.11. The molecule has 34 heavy (non-hydrogen) atoms. The zero-order valence-corrected chi connectivity index (χ0v) is 19.4. The first-order valence-electron chi connectivity index (χ1n) is 10.1. The summed E-state index contributed by atoms with van der Waals surface area (Å²) in [5, 5.41) is 3.08. The number of carbonyl (C=O) groups is 1. The van der Waals surface area contributed by atoms with Crippen LogP contribution in [0, 0.1) is 23.4 Å². The second kappa shape index (κ2) is 10.3. The van der Waals surface area contributed by atoms with E-state index in [-0.39, 0.29) is 36.0 Å². The first-order valence-corrected chi connectivity index (χ1v) is 13.1. The van der Waals surface area contributed by atoms with Crippen LogP contribution in [0.5, 0.6) is 0 Å². The summed E-state index contributed by atoms with van der Waals surface area (Å²) in [6.07, 6.45) is 0.468. The molecule has 0 aliphatic carbocycles. The van der Waals surface area contributed by atoms with Gasteiger partial charge in [0.1, 0.15) is 17.5 Å². The number of nitrogens with one attached hydrogen (secondary N) is 2. The highest BCUT2D eigenvalue weighted by Gasteiger charge is 2.33. The van der Waals surface area contributed by atoms with Crippen molar-refractivity contribution in [1.82, 2.24) is 14.3 Å². The summed E-state index contributed by atoms with van der Waals surface area (Å²) in [6.45, 7) is 3.08. The minimum atomic E-state index is -3.87. The molecule has 2 aromatic rings. The van der Waals surface area contributed by atoms with Gasteiger partial charge in [-0.15, -0.1) is 0 Å². The van der Waals surface area contributed by atoms with Gasteiger partial charge in [-0.05, 0) is 36.6 Å². The van der Waals surface area contributed by atoms with E-state index in [0.29, 0.717) is 18.6 Å². The summed E-state index contributed by atoms with van der Waals surface area (Å²) in [7, 11) is -7.48. The van der Waals surface area contributed by atoms with E-state index >= 15 is 0 Å². The largest absolute Gasteiger partial charge is 0.348 e. The van der Waals surface area contributed by atoms with E-state index in [9.17, 15) is 34.8 Å². The second-order valence-electron chi connectivity index (χ2n) is 7.63. The Bertz CT molecular complexity index is 1280. The molecule has 1 fully saturated rings. The van der Waals surface area contributed by atoms with Crippen molar-refractivity contribution in [3.8, 4) is 0 Å². The molecule has 3 rings (SSSR count). The fourth-order valence-corrected chi connectivity index (χ4v) is 5.53. The van der Waals surface area contributed by atoms with Gasteiger partial charge in [-0.3, -0.25) is 4.79 Å². The van der Waals surface area contributed by atoms with Gasteiger partial charge in [-0.1, -0.05) is 6.58 Å². The molecule has 1 saturated heterocycles. The summed E-state index contributed by atoms with van der Waals surface area (Å²) in [4.78, 5) is 12.2. The van der Waals surface area contributed by atoms with Crippen LogP contribution in [0.15, 0.2) is 53.3 Å². The quantitative estimate of drug-likeness (QED) is 0.529. The Hall–Kier alpha value is -2.74. The molecule has 2 aromatic carbocycles. The Labute approximate surface area is 195 Å². The Morgan fingerprint density at radius 2 is 1.71 bits per heavy atom. The molecular formula is C21H22F3N3O5S2. The SMILES string of the molecule is C=CS(=O)(=O)NCC1CCN(S(=O)(=O)c2ccc(C(=O)NCc3c(F)cc(F)cc3F)cc2)C1. The zero-order chi connectivity index (χ0) is 25.1. The average Bonchev–Trinajstić information content (AvgIpc) is 3.27. The zero-order valence-electron chi connectivity index (χ0n) is 17.8. The maximum atomic E-state index is 13.7. The number of carbonyl (C=O) groups excluding carboxylic acids is 1. The number of halogens is 3. The number of nitrogens with zero attached hydrogens (tertiary/aromatic N) is 1. The first kappa shape index (κ1) is 25.9. The van der Waals surface area contributed by atoms with Crippen LogP contribution in [0.3, 0.4) is 0 Å². The lowest BCUT2D eigenvalue weighted by molar-refractivity contribution is 0.0950. The molecule has 13 heteroatoms. The van der Waals surface area contributed by atoms with Crippen LogP contribution in [-0.4, -0.2) is 46.7 Å². The molecule has 0 saturated carbocycles. The molecule has 1 unspecified atom stereocenters. The molecule has 1 aliphatic heterocycles. The van der Waals surface area contributed by atoms with E-state index in [1.807, 2.05) is 0 Å². The highest BCUT2D eigenvalue weighted by molar-refractivity contribution is 7.92. The average molecular weight is 518 g/mol. The molecule has 1 amide bonds. The van der Waals surface area contributed by atoms with Crippen LogP contribution >= 0.6 is 0 Å². The fraction of sp³-hybridized carbons (Fsp3) is 0.286. The monoisotopic (exact) mass is 517 g/mol. The highest BCUT2D eigenvalue weighted by Crippen LogP contribution is 2.24. The van der Waals surface area contributed by atoms with Crippen molar-refractivity contribution in [2.24, 2.45) is 5.92 Å². The summed E-state index contributed by atoms with van der Waals surface area (Å²) >= 11 is 0. The van der Waals surface area contributed by atoms with E-state index in [1.165, 1.54) is 28.6 Å². The van der Waals surface area contributed by atoms with Crippen molar-refractivity contribution in [3.05, 3.63) is 77.0 Å². The number of hydrogen-bond donors (Lipinski definition) is 2. The summed E-state index contributed by atoms with van der Waals surface area (Å²) in [6, 6.07) is 5.98. The van der Waals surface area contributed by atoms with E-state index < -0.39 is 55.5 Å². The Kier molecular flexibility index (Phi) is 7.81. The minimum Gasteiger partial charge on any atom is -0.348 e. The molecular weight excluding hydrogens is 495 g/mol. The molecule has 0 bridgehead atoms. The Balaban J connectivity index is 1.62. The van der Waals surface area contributed by atoms with E-state index in [2.05, 4.69) is 16.6 Å². The summed E-state index contributed by atoms with van der Waals surface area (Å²) in [5.74, 6) is -4.27. The van der Waals surface area contributed by atoms with Gasteiger partial charge in [-0.2, -0.15) is 4.31 Å². The number of rotatable bonds is 9. The molecule has 8 nitrogen and oxygen atoms in total. The fourth-order valence-electron chi connectivity index (χ4n) is 3.41.